The number of hydrogen-bond acceptors (Lipinski definition) is 5. The Hall–Kier alpha value is -2.18. The van der Waals surface area contributed by atoms with Gasteiger partial charge in [0.2, 0.25) is 5.13 Å². The van der Waals surface area contributed by atoms with Crippen LogP contribution in [0.1, 0.15) is 27.0 Å². The van der Waals surface area contributed by atoms with Crippen LogP contribution in [0.5, 0.6) is 0 Å². The predicted octanol–water partition coefficient (Wildman–Crippen LogP) is 4.70. The third-order valence-electron chi connectivity index (χ3n) is 3.46. The molecule has 0 saturated heterocycles. The Bertz CT molecular complexity index is 846. The smallest absolute Gasteiger partial charge is 0.257 e. The van der Waals surface area contributed by atoms with Crippen LogP contribution in [0.4, 0.5) is 5.13 Å². The summed E-state index contributed by atoms with van der Waals surface area (Å²) in [5.41, 5.74) is 3.99. The van der Waals surface area contributed by atoms with Gasteiger partial charge in [-0.1, -0.05) is 71.1 Å². The molecule has 0 saturated carbocycles. The number of rotatable bonds is 5. The van der Waals surface area contributed by atoms with Crippen molar-refractivity contribution in [2.75, 3.05) is 5.32 Å². The number of aromatic nitrogens is 2. The second-order valence-electron chi connectivity index (χ2n) is 5.42. The van der Waals surface area contributed by atoms with E-state index in [0.29, 0.717) is 10.7 Å². The molecule has 122 valence electrons. The van der Waals surface area contributed by atoms with Crippen molar-refractivity contribution in [3.05, 3.63) is 70.8 Å². The van der Waals surface area contributed by atoms with Crippen molar-refractivity contribution in [3.63, 3.8) is 0 Å². The lowest BCUT2D eigenvalue weighted by atomic mass is 10.1. The molecule has 24 heavy (non-hydrogen) atoms. The largest absolute Gasteiger partial charge is 0.296 e. The standard InChI is InChI=1S/C18H17N3OS2/c1-12-8-9-15(13(2)10-12)16(22)19-17-20-21-18(24-17)23-11-14-6-4-3-5-7-14/h3-10H,11H2,1-2H3,(H,19,20,22). The van der Waals surface area contributed by atoms with Crippen LogP contribution in [-0.2, 0) is 5.75 Å². The van der Waals surface area contributed by atoms with Crippen molar-refractivity contribution >= 4 is 34.1 Å². The van der Waals surface area contributed by atoms with E-state index in [2.05, 4.69) is 27.6 Å². The van der Waals surface area contributed by atoms with Crippen LogP contribution >= 0.6 is 23.1 Å². The van der Waals surface area contributed by atoms with E-state index in [4.69, 9.17) is 0 Å². The SMILES string of the molecule is Cc1ccc(C(=O)Nc2nnc(SCc3ccccc3)s2)c(C)c1. The number of thioether (sulfide) groups is 1. The fourth-order valence-electron chi connectivity index (χ4n) is 2.27. The number of aryl methyl sites for hydroxylation is 2. The van der Waals surface area contributed by atoms with Crippen molar-refractivity contribution in [1.82, 2.24) is 10.2 Å². The molecule has 0 fully saturated rings. The van der Waals surface area contributed by atoms with Gasteiger partial charge in [-0.05, 0) is 31.0 Å². The van der Waals surface area contributed by atoms with Crippen molar-refractivity contribution in [1.29, 1.82) is 0 Å². The zero-order valence-corrected chi connectivity index (χ0v) is 15.1. The molecule has 0 aliphatic rings. The Morgan fingerprint density at radius 2 is 1.92 bits per heavy atom. The summed E-state index contributed by atoms with van der Waals surface area (Å²) < 4.78 is 0.842. The minimum atomic E-state index is -0.150. The normalized spacial score (nSPS) is 10.6. The summed E-state index contributed by atoms with van der Waals surface area (Å²) >= 11 is 3.01. The number of amides is 1. The van der Waals surface area contributed by atoms with Crippen molar-refractivity contribution in [2.24, 2.45) is 0 Å². The summed E-state index contributed by atoms with van der Waals surface area (Å²) in [5, 5.41) is 11.5. The summed E-state index contributed by atoms with van der Waals surface area (Å²) in [6.07, 6.45) is 0. The summed E-state index contributed by atoms with van der Waals surface area (Å²) in [5.74, 6) is 0.684. The highest BCUT2D eigenvalue weighted by molar-refractivity contribution is 8.00. The molecule has 0 bridgehead atoms. The first-order valence-electron chi connectivity index (χ1n) is 7.50. The Morgan fingerprint density at radius 3 is 2.67 bits per heavy atom. The van der Waals surface area contributed by atoms with Crippen LogP contribution in [-0.4, -0.2) is 16.1 Å². The number of anilines is 1. The molecule has 0 radical (unpaired) electrons. The van der Waals surface area contributed by atoms with E-state index in [1.54, 1.807) is 11.8 Å². The maximum atomic E-state index is 12.4. The average molecular weight is 355 g/mol. The number of carbonyl (C=O) groups excluding carboxylic acids is 1. The molecule has 0 aliphatic heterocycles. The molecule has 1 heterocycles. The van der Waals surface area contributed by atoms with E-state index in [9.17, 15) is 4.79 Å². The van der Waals surface area contributed by atoms with Gasteiger partial charge < -0.3 is 0 Å². The van der Waals surface area contributed by atoms with Gasteiger partial charge in [-0.15, -0.1) is 10.2 Å². The maximum absolute atomic E-state index is 12.4. The Labute approximate surface area is 149 Å². The molecule has 3 aromatic rings. The molecular weight excluding hydrogens is 338 g/mol. The minimum Gasteiger partial charge on any atom is -0.296 e. The first-order chi connectivity index (χ1) is 11.6. The van der Waals surface area contributed by atoms with Crippen LogP contribution in [0.25, 0.3) is 0 Å². The van der Waals surface area contributed by atoms with Crippen LogP contribution in [0.15, 0.2) is 52.9 Å². The first-order valence-corrected chi connectivity index (χ1v) is 9.31. The lowest BCUT2D eigenvalue weighted by Crippen LogP contribution is -2.13. The molecule has 1 amide bonds. The van der Waals surface area contributed by atoms with E-state index >= 15 is 0 Å². The summed E-state index contributed by atoms with van der Waals surface area (Å²) in [7, 11) is 0. The quantitative estimate of drug-likeness (QED) is 0.532. The summed E-state index contributed by atoms with van der Waals surface area (Å²) in [4.78, 5) is 12.4. The Kier molecular flexibility index (Phi) is 5.27. The molecule has 0 atom stereocenters. The van der Waals surface area contributed by atoms with Gasteiger partial charge in [0.05, 0.1) is 0 Å². The predicted molar refractivity (Wildman–Crippen MR) is 99.8 cm³/mol. The Balaban J connectivity index is 1.62. The second kappa shape index (κ2) is 7.59. The average Bonchev–Trinajstić information content (AvgIpc) is 3.01. The van der Waals surface area contributed by atoms with Crippen LogP contribution in [0.2, 0.25) is 0 Å². The number of nitrogens with zero attached hydrogens (tertiary/aromatic N) is 2. The summed E-state index contributed by atoms with van der Waals surface area (Å²) in [6.45, 7) is 3.94. The van der Waals surface area contributed by atoms with Gasteiger partial charge in [0.25, 0.3) is 5.91 Å². The number of benzene rings is 2. The highest BCUT2D eigenvalue weighted by Gasteiger charge is 2.12. The molecule has 0 spiro atoms. The van der Waals surface area contributed by atoms with E-state index < -0.39 is 0 Å². The van der Waals surface area contributed by atoms with Crippen molar-refractivity contribution < 1.29 is 4.79 Å². The Morgan fingerprint density at radius 1 is 1.12 bits per heavy atom. The van der Waals surface area contributed by atoms with Gasteiger partial charge in [0, 0.05) is 11.3 Å². The number of carbonyl (C=O) groups is 1. The molecule has 4 nitrogen and oxygen atoms in total. The fraction of sp³-hybridized carbons (Fsp3) is 0.167. The topological polar surface area (TPSA) is 54.9 Å². The van der Waals surface area contributed by atoms with Crippen LogP contribution in [0, 0.1) is 13.8 Å². The monoisotopic (exact) mass is 355 g/mol. The molecule has 0 aliphatic carbocycles. The van der Waals surface area contributed by atoms with E-state index in [-0.39, 0.29) is 5.91 Å². The molecule has 3 rings (SSSR count). The van der Waals surface area contributed by atoms with E-state index in [1.807, 2.05) is 50.2 Å². The highest BCUT2D eigenvalue weighted by atomic mass is 32.2. The minimum absolute atomic E-state index is 0.150. The van der Waals surface area contributed by atoms with Gasteiger partial charge in [0.15, 0.2) is 4.34 Å². The van der Waals surface area contributed by atoms with Gasteiger partial charge in [-0.2, -0.15) is 0 Å². The maximum Gasteiger partial charge on any atom is 0.257 e. The number of nitrogens with one attached hydrogen (secondary N) is 1. The summed E-state index contributed by atoms with van der Waals surface area (Å²) in [6, 6.07) is 16.0. The number of hydrogen-bond donors (Lipinski definition) is 1. The zero-order valence-electron chi connectivity index (χ0n) is 13.4. The zero-order chi connectivity index (χ0) is 16.9. The molecule has 2 aromatic carbocycles. The lowest BCUT2D eigenvalue weighted by Gasteiger charge is -2.05. The third kappa shape index (κ3) is 4.21. The first kappa shape index (κ1) is 16.7. The molecule has 6 heteroatoms. The molecular formula is C18H17N3OS2. The van der Waals surface area contributed by atoms with Gasteiger partial charge in [-0.3, -0.25) is 10.1 Å². The fourth-order valence-corrected chi connectivity index (χ4v) is 3.97. The lowest BCUT2D eigenvalue weighted by molar-refractivity contribution is 0.102. The van der Waals surface area contributed by atoms with Crippen LogP contribution < -0.4 is 5.32 Å². The van der Waals surface area contributed by atoms with Gasteiger partial charge >= 0.3 is 0 Å². The van der Waals surface area contributed by atoms with E-state index in [0.717, 1.165) is 21.2 Å². The molecule has 1 aromatic heterocycles. The third-order valence-corrected chi connectivity index (χ3v) is 5.50. The second-order valence-corrected chi connectivity index (χ2v) is 7.62. The van der Waals surface area contributed by atoms with Gasteiger partial charge in [0.1, 0.15) is 0 Å². The molecule has 1 N–H and O–H groups in total. The van der Waals surface area contributed by atoms with Gasteiger partial charge in [-0.25, -0.2) is 0 Å². The molecule has 0 unspecified atom stereocenters. The van der Waals surface area contributed by atoms with Crippen LogP contribution in [0.3, 0.4) is 0 Å². The highest BCUT2D eigenvalue weighted by Crippen LogP contribution is 2.28. The van der Waals surface area contributed by atoms with E-state index in [1.165, 1.54) is 16.9 Å². The van der Waals surface area contributed by atoms with Crippen molar-refractivity contribution in [3.8, 4) is 0 Å². The van der Waals surface area contributed by atoms with Crippen molar-refractivity contribution in [2.45, 2.75) is 23.9 Å².